The van der Waals surface area contributed by atoms with Gasteiger partial charge in [0.25, 0.3) is 5.85 Å². The molecule has 0 amide bonds. The van der Waals surface area contributed by atoms with Crippen molar-refractivity contribution in [3.05, 3.63) is 72.0 Å². The molecule has 0 bridgehead atoms. The van der Waals surface area contributed by atoms with E-state index in [-0.39, 0.29) is 0 Å². The van der Waals surface area contributed by atoms with Crippen molar-refractivity contribution in [3.63, 3.8) is 0 Å². The van der Waals surface area contributed by atoms with Crippen molar-refractivity contribution in [3.8, 4) is 0 Å². The molecule has 1 unspecified atom stereocenters. The van der Waals surface area contributed by atoms with Gasteiger partial charge in [-0.25, -0.2) is 0 Å². The van der Waals surface area contributed by atoms with Gasteiger partial charge < -0.3 is 14.5 Å². The Kier molecular flexibility index (Phi) is 3.47. The highest BCUT2D eigenvalue weighted by Gasteiger charge is 2.48. The van der Waals surface area contributed by atoms with Crippen molar-refractivity contribution in [1.82, 2.24) is 0 Å². The molecule has 0 aromatic heterocycles. The second-order valence-corrected chi connectivity index (χ2v) is 7.19. The summed E-state index contributed by atoms with van der Waals surface area (Å²) in [6, 6.07) is 17.6. The van der Waals surface area contributed by atoms with Gasteiger partial charge in [0.05, 0.1) is 6.26 Å². The molecule has 2 aromatic carbocycles. The van der Waals surface area contributed by atoms with Crippen molar-refractivity contribution in [2.24, 2.45) is 0 Å². The fourth-order valence-corrected chi connectivity index (χ4v) is 4.70. The highest BCUT2D eigenvalue weighted by molar-refractivity contribution is 5.64. The lowest BCUT2D eigenvalue weighted by Gasteiger charge is -2.52. The summed E-state index contributed by atoms with van der Waals surface area (Å²) in [6.45, 7) is 2.06. The number of hydrogen-bond donors (Lipinski definition) is 0. The third-order valence-corrected chi connectivity index (χ3v) is 5.83. The Morgan fingerprint density at radius 3 is 2.20 bits per heavy atom. The minimum atomic E-state index is -0.405. The number of hydrogen-bond acceptors (Lipinski definition) is 3. The van der Waals surface area contributed by atoms with E-state index in [0.717, 1.165) is 38.8 Å². The van der Waals surface area contributed by atoms with Crippen molar-refractivity contribution in [1.29, 1.82) is 0 Å². The summed E-state index contributed by atoms with van der Waals surface area (Å²) in [5.41, 5.74) is 5.55. The Labute approximate surface area is 149 Å². The van der Waals surface area contributed by atoms with Crippen molar-refractivity contribution < 1.29 is 4.74 Å². The van der Waals surface area contributed by atoms with Gasteiger partial charge in [-0.05, 0) is 55.0 Å². The molecule has 5 rings (SSSR count). The lowest BCUT2D eigenvalue weighted by atomic mass is 9.98. The molecule has 1 atom stereocenters. The minimum Gasteiger partial charge on any atom is -0.458 e. The van der Waals surface area contributed by atoms with E-state index in [2.05, 4.69) is 64.4 Å². The molecule has 0 aliphatic carbocycles. The third-order valence-electron chi connectivity index (χ3n) is 5.83. The molecule has 3 heteroatoms. The molecule has 3 nitrogen and oxygen atoms in total. The average molecular weight is 332 g/mol. The van der Waals surface area contributed by atoms with Gasteiger partial charge in [0.15, 0.2) is 0 Å². The smallest absolute Gasteiger partial charge is 0.263 e. The number of nitrogens with zero attached hydrogens (tertiary/aromatic N) is 2. The molecule has 0 saturated carbocycles. The molecule has 0 radical (unpaired) electrons. The Morgan fingerprint density at radius 2 is 1.48 bits per heavy atom. The monoisotopic (exact) mass is 332 g/mol. The number of benzene rings is 2. The first-order chi connectivity index (χ1) is 12.4. The Bertz CT molecular complexity index is 815. The van der Waals surface area contributed by atoms with Crippen LogP contribution in [0.25, 0.3) is 0 Å². The zero-order chi connectivity index (χ0) is 16.7. The summed E-state index contributed by atoms with van der Waals surface area (Å²) in [4.78, 5) is 5.03. The topological polar surface area (TPSA) is 15.7 Å². The first-order valence-corrected chi connectivity index (χ1v) is 9.42. The van der Waals surface area contributed by atoms with Gasteiger partial charge >= 0.3 is 0 Å². The molecule has 3 aliphatic heterocycles. The lowest BCUT2D eigenvalue weighted by molar-refractivity contribution is -0.00151. The van der Waals surface area contributed by atoms with Gasteiger partial charge in [-0.1, -0.05) is 36.4 Å². The predicted octanol–water partition coefficient (Wildman–Crippen LogP) is 4.48. The molecule has 0 saturated heterocycles. The molecule has 3 heterocycles. The van der Waals surface area contributed by atoms with Gasteiger partial charge in [-0.3, -0.25) is 0 Å². The molecule has 3 aliphatic rings. The highest BCUT2D eigenvalue weighted by atomic mass is 16.5. The first-order valence-electron chi connectivity index (χ1n) is 9.42. The number of anilines is 2. The summed E-state index contributed by atoms with van der Waals surface area (Å²) >= 11 is 0. The zero-order valence-corrected chi connectivity index (χ0v) is 14.5. The van der Waals surface area contributed by atoms with Crippen LogP contribution in [0, 0.1) is 0 Å². The zero-order valence-electron chi connectivity index (χ0n) is 14.5. The summed E-state index contributed by atoms with van der Waals surface area (Å²) in [7, 11) is 0. The van der Waals surface area contributed by atoms with Crippen molar-refractivity contribution in [2.45, 2.75) is 38.0 Å². The maximum absolute atomic E-state index is 6.47. The van der Waals surface area contributed by atoms with E-state index < -0.39 is 5.85 Å². The third kappa shape index (κ3) is 2.25. The second kappa shape index (κ2) is 5.83. The maximum atomic E-state index is 6.47. The SMILES string of the molecule is C1=COC(N2CCCc3ccccc32)(N2CCc3ccccc32)CC1. The summed E-state index contributed by atoms with van der Waals surface area (Å²) in [6.07, 6.45) is 9.55. The van der Waals surface area contributed by atoms with Gasteiger partial charge in [-0.2, -0.15) is 0 Å². The molecule has 0 spiro atoms. The number of fused-ring (bicyclic) bond motifs is 2. The van der Waals surface area contributed by atoms with Gasteiger partial charge in [0, 0.05) is 30.9 Å². The van der Waals surface area contributed by atoms with Crippen LogP contribution in [0.5, 0.6) is 0 Å². The van der Waals surface area contributed by atoms with E-state index >= 15 is 0 Å². The Hall–Kier alpha value is -2.42. The van der Waals surface area contributed by atoms with Crippen LogP contribution in [0.15, 0.2) is 60.9 Å². The van der Waals surface area contributed by atoms with E-state index in [1.54, 1.807) is 0 Å². The van der Waals surface area contributed by atoms with Crippen LogP contribution in [0.3, 0.4) is 0 Å². The molecule has 0 fully saturated rings. The van der Waals surface area contributed by atoms with Crippen LogP contribution >= 0.6 is 0 Å². The molecule has 2 aromatic rings. The first kappa shape index (κ1) is 14.9. The summed E-state index contributed by atoms with van der Waals surface area (Å²) in [5, 5.41) is 0. The van der Waals surface area contributed by atoms with E-state index in [1.807, 2.05) is 6.26 Å². The molecule has 128 valence electrons. The number of rotatable bonds is 2. The van der Waals surface area contributed by atoms with E-state index in [9.17, 15) is 0 Å². The Balaban J connectivity index is 1.63. The largest absolute Gasteiger partial charge is 0.458 e. The van der Waals surface area contributed by atoms with Gasteiger partial charge in [0.2, 0.25) is 0 Å². The summed E-state index contributed by atoms with van der Waals surface area (Å²) in [5.74, 6) is -0.405. The normalized spacial score (nSPS) is 24.6. The van der Waals surface area contributed by atoms with Crippen LogP contribution in [0.4, 0.5) is 11.4 Å². The van der Waals surface area contributed by atoms with E-state index in [0.29, 0.717) is 0 Å². The quantitative estimate of drug-likeness (QED) is 0.806. The highest BCUT2D eigenvalue weighted by Crippen LogP contribution is 2.44. The number of aryl methyl sites for hydroxylation is 1. The Morgan fingerprint density at radius 1 is 0.800 bits per heavy atom. The minimum absolute atomic E-state index is 0.405. The van der Waals surface area contributed by atoms with Crippen LogP contribution in [0.2, 0.25) is 0 Å². The van der Waals surface area contributed by atoms with E-state index in [4.69, 9.17) is 4.74 Å². The molecular formula is C22H24N2O. The van der Waals surface area contributed by atoms with Gasteiger partial charge in [0.1, 0.15) is 0 Å². The van der Waals surface area contributed by atoms with Crippen LogP contribution < -0.4 is 9.80 Å². The summed E-state index contributed by atoms with van der Waals surface area (Å²) < 4.78 is 6.47. The average Bonchev–Trinajstić information content (AvgIpc) is 3.13. The molecule has 25 heavy (non-hydrogen) atoms. The van der Waals surface area contributed by atoms with Crippen molar-refractivity contribution in [2.75, 3.05) is 22.9 Å². The molecule has 0 N–H and O–H groups in total. The van der Waals surface area contributed by atoms with Crippen LogP contribution in [-0.4, -0.2) is 18.9 Å². The number of para-hydroxylation sites is 2. The van der Waals surface area contributed by atoms with Crippen molar-refractivity contribution >= 4 is 11.4 Å². The standard InChI is InChI=1S/C22H24N2O/c1-3-11-20-18(8-1)10-7-15-23(20)22(14-5-6-17-25-22)24-16-13-19-9-2-4-12-21(19)24/h1-4,6,8-9,11-12,17H,5,7,10,13-16H2. The number of allylic oxidation sites excluding steroid dienone is 1. The van der Waals surface area contributed by atoms with Crippen LogP contribution in [-0.2, 0) is 17.6 Å². The lowest BCUT2D eigenvalue weighted by Crippen LogP contribution is -2.64. The van der Waals surface area contributed by atoms with Gasteiger partial charge in [-0.15, -0.1) is 0 Å². The second-order valence-electron chi connectivity index (χ2n) is 7.19. The molecular weight excluding hydrogens is 308 g/mol. The maximum Gasteiger partial charge on any atom is 0.263 e. The van der Waals surface area contributed by atoms with E-state index in [1.165, 1.54) is 28.9 Å². The predicted molar refractivity (Wildman–Crippen MR) is 102 cm³/mol. The fraction of sp³-hybridized carbons (Fsp3) is 0.364. The van der Waals surface area contributed by atoms with Crippen LogP contribution in [0.1, 0.15) is 30.4 Å². The fourth-order valence-electron chi connectivity index (χ4n) is 4.70. The number of ether oxygens (including phenoxy) is 1.